The zero-order chi connectivity index (χ0) is 17.8. The van der Waals surface area contributed by atoms with Gasteiger partial charge in [0.25, 0.3) is 5.91 Å². The standard InChI is InChI=1S/C18H22N4O3.ClH/c1-11-14(7-4-8-19-11)22-16(23)10-21-18(25)13-9-20-15-6-3-2-5-12(15)17(13)24;/h2-3,5-6,9,11,14,19H,4,7-8,10H2,1H3,(H,20,24)(H,21,25)(H,22,23);1H. The Morgan fingerprint density at radius 2 is 2.04 bits per heavy atom. The highest BCUT2D eigenvalue weighted by Gasteiger charge is 2.22. The topological polar surface area (TPSA) is 103 Å². The number of pyridine rings is 1. The van der Waals surface area contributed by atoms with Crippen LogP contribution in [-0.4, -0.2) is 42.0 Å². The van der Waals surface area contributed by atoms with Gasteiger partial charge in [-0.2, -0.15) is 0 Å². The maximum atomic E-state index is 12.4. The van der Waals surface area contributed by atoms with Gasteiger partial charge >= 0.3 is 0 Å². The second-order valence-electron chi connectivity index (χ2n) is 6.32. The minimum atomic E-state index is -0.558. The number of fused-ring (bicyclic) bond motifs is 1. The quantitative estimate of drug-likeness (QED) is 0.635. The van der Waals surface area contributed by atoms with Crippen LogP contribution < -0.4 is 21.4 Å². The molecule has 2 aromatic rings. The lowest BCUT2D eigenvalue weighted by Gasteiger charge is -2.30. The largest absolute Gasteiger partial charge is 0.360 e. The fourth-order valence-electron chi connectivity index (χ4n) is 3.09. The molecule has 2 atom stereocenters. The van der Waals surface area contributed by atoms with E-state index in [1.807, 2.05) is 13.0 Å². The summed E-state index contributed by atoms with van der Waals surface area (Å²) in [5.74, 6) is -0.817. The molecule has 1 aromatic heterocycles. The third-order valence-electron chi connectivity index (χ3n) is 4.55. The highest BCUT2D eigenvalue weighted by Crippen LogP contribution is 2.08. The van der Waals surface area contributed by atoms with Gasteiger partial charge < -0.3 is 20.9 Å². The van der Waals surface area contributed by atoms with E-state index in [0.717, 1.165) is 19.4 Å². The van der Waals surface area contributed by atoms with Crippen molar-refractivity contribution in [3.63, 3.8) is 0 Å². The fraction of sp³-hybridized carbons (Fsp3) is 0.389. The van der Waals surface area contributed by atoms with Crippen LogP contribution in [0, 0.1) is 0 Å². The van der Waals surface area contributed by atoms with Crippen molar-refractivity contribution in [1.29, 1.82) is 0 Å². The summed E-state index contributed by atoms with van der Waals surface area (Å²) in [6.07, 6.45) is 3.30. The highest BCUT2D eigenvalue weighted by atomic mass is 35.5. The summed E-state index contributed by atoms with van der Waals surface area (Å²) < 4.78 is 0. The number of H-pyrrole nitrogens is 1. The molecule has 1 aliphatic heterocycles. The number of benzene rings is 1. The summed E-state index contributed by atoms with van der Waals surface area (Å²) >= 11 is 0. The first-order valence-electron chi connectivity index (χ1n) is 8.47. The Morgan fingerprint density at radius 1 is 1.27 bits per heavy atom. The van der Waals surface area contributed by atoms with Crippen LogP contribution in [0.15, 0.2) is 35.3 Å². The molecule has 0 radical (unpaired) electrons. The number of para-hydroxylation sites is 1. The van der Waals surface area contributed by atoms with Crippen LogP contribution in [-0.2, 0) is 4.79 Å². The summed E-state index contributed by atoms with van der Waals surface area (Å²) in [6.45, 7) is 2.82. The van der Waals surface area contributed by atoms with Crippen molar-refractivity contribution in [2.24, 2.45) is 0 Å². The molecule has 140 valence electrons. The lowest BCUT2D eigenvalue weighted by molar-refractivity contribution is -0.121. The first kappa shape index (κ1) is 19.9. The molecule has 3 rings (SSSR count). The Morgan fingerprint density at radius 3 is 2.81 bits per heavy atom. The first-order chi connectivity index (χ1) is 12.1. The van der Waals surface area contributed by atoms with Crippen molar-refractivity contribution in [2.75, 3.05) is 13.1 Å². The van der Waals surface area contributed by atoms with E-state index in [1.54, 1.807) is 18.2 Å². The molecule has 8 heteroatoms. The molecule has 0 aliphatic carbocycles. The summed E-state index contributed by atoms with van der Waals surface area (Å²) in [7, 11) is 0. The Bertz CT molecular complexity index is 852. The predicted octanol–water partition coefficient (Wildman–Crippen LogP) is 0.936. The monoisotopic (exact) mass is 378 g/mol. The number of nitrogens with one attached hydrogen (secondary N) is 4. The minimum Gasteiger partial charge on any atom is -0.360 e. The molecular formula is C18H23ClN4O3. The van der Waals surface area contributed by atoms with Gasteiger partial charge in [0, 0.05) is 29.2 Å². The van der Waals surface area contributed by atoms with Crippen molar-refractivity contribution in [3.05, 3.63) is 46.2 Å². The molecule has 4 N–H and O–H groups in total. The van der Waals surface area contributed by atoms with Crippen LogP contribution in [0.5, 0.6) is 0 Å². The van der Waals surface area contributed by atoms with Gasteiger partial charge in [0.05, 0.1) is 6.54 Å². The number of aromatic amines is 1. The van der Waals surface area contributed by atoms with Gasteiger partial charge in [0.1, 0.15) is 5.56 Å². The molecule has 1 aromatic carbocycles. The Balaban J connectivity index is 0.00000243. The number of rotatable bonds is 4. The molecule has 2 amide bonds. The van der Waals surface area contributed by atoms with Crippen LogP contribution in [0.25, 0.3) is 10.9 Å². The molecule has 0 bridgehead atoms. The number of hydrogen-bond acceptors (Lipinski definition) is 4. The Hall–Kier alpha value is -2.38. The van der Waals surface area contributed by atoms with Crippen molar-refractivity contribution < 1.29 is 9.59 Å². The number of amides is 2. The third kappa shape index (κ3) is 4.42. The molecule has 0 saturated carbocycles. The maximum absolute atomic E-state index is 12.4. The zero-order valence-electron chi connectivity index (χ0n) is 14.5. The van der Waals surface area contributed by atoms with Crippen LogP contribution >= 0.6 is 12.4 Å². The second kappa shape index (κ2) is 8.82. The Kier molecular flexibility index (Phi) is 6.76. The van der Waals surface area contributed by atoms with Crippen molar-refractivity contribution in [1.82, 2.24) is 20.9 Å². The fourth-order valence-corrected chi connectivity index (χ4v) is 3.09. The molecule has 1 aliphatic rings. The summed E-state index contributed by atoms with van der Waals surface area (Å²) in [5, 5.41) is 9.19. The molecule has 0 spiro atoms. The second-order valence-corrected chi connectivity index (χ2v) is 6.32. The van der Waals surface area contributed by atoms with E-state index in [2.05, 4.69) is 20.9 Å². The number of halogens is 1. The number of carbonyl (C=O) groups is 2. The van der Waals surface area contributed by atoms with E-state index in [1.165, 1.54) is 6.20 Å². The van der Waals surface area contributed by atoms with E-state index in [0.29, 0.717) is 10.9 Å². The molecular weight excluding hydrogens is 356 g/mol. The minimum absolute atomic E-state index is 0. The molecule has 26 heavy (non-hydrogen) atoms. The van der Waals surface area contributed by atoms with Crippen molar-refractivity contribution in [2.45, 2.75) is 31.8 Å². The van der Waals surface area contributed by atoms with E-state index < -0.39 is 5.91 Å². The van der Waals surface area contributed by atoms with Gasteiger partial charge in [-0.1, -0.05) is 12.1 Å². The number of aromatic nitrogens is 1. The summed E-state index contributed by atoms with van der Waals surface area (Å²) in [6, 6.07) is 7.24. The molecule has 7 nitrogen and oxygen atoms in total. The summed E-state index contributed by atoms with van der Waals surface area (Å²) in [4.78, 5) is 39.6. The van der Waals surface area contributed by atoms with Crippen LogP contribution in [0.4, 0.5) is 0 Å². The Labute approximate surface area is 157 Å². The van der Waals surface area contributed by atoms with Gasteiger partial charge in [0.2, 0.25) is 11.3 Å². The van der Waals surface area contributed by atoms with Gasteiger partial charge in [-0.25, -0.2) is 0 Å². The van der Waals surface area contributed by atoms with Crippen LogP contribution in [0.1, 0.15) is 30.1 Å². The van der Waals surface area contributed by atoms with E-state index in [9.17, 15) is 14.4 Å². The SMILES string of the molecule is CC1NCCCC1NC(=O)CNC(=O)c1c[nH]c2ccccc2c1=O.Cl. The molecule has 2 unspecified atom stereocenters. The number of hydrogen-bond donors (Lipinski definition) is 4. The molecule has 1 fully saturated rings. The zero-order valence-corrected chi connectivity index (χ0v) is 15.3. The van der Waals surface area contributed by atoms with Crippen LogP contribution in [0.2, 0.25) is 0 Å². The first-order valence-corrected chi connectivity index (χ1v) is 8.47. The smallest absolute Gasteiger partial charge is 0.257 e. The summed E-state index contributed by atoms with van der Waals surface area (Å²) in [5.41, 5.74) is 0.317. The average Bonchev–Trinajstić information content (AvgIpc) is 2.62. The molecule has 1 saturated heterocycles. The van der Waals surface area contributed by atoms with Crippen LogP contribution in [0.3, 0.4) is 0 Å². The number of carbonyl (C=O) groups excluding carboxylic acids is 2. The lowest BCUT2D eigenvalue weighted by Crippen LogP contribution is -2.53. The normalized spacial score (nSPS) is 19.4. The van der Waals surface area contributed by atoms with Gasteiger partial charge in [-0.3, -0.25) is 14.4 Å². The predicted molar refractivity (Wildman–Crippen MR) is 103 cm³/mol. The van der Waals surface area contributed by atoms with Gasteiger partial charge in [0.15, 0.2) is 0 Å². The van der Waals surface area contributed by atoms with E-state index >= 15 is 0 Å². The highest BCUT2D eigenvalue weighted by molar-refractivity contribution is 5.98. The lowest BCUT2D eigenvalue weighted by atomic mass is 10.00. The van der Waals surface area contributed by atoms with Crippen molar-refractivity contribution >= 4 is 35.1 Å². The third-order valence-corrected chi connectivity index (χ3v) is 4.55. The van der Waals surface area contributed by atoms with E-state index in [4.69, 9.17) is 0 Å². The van der Waals surface area contributed by atoms with Gasteiger partial charge in [-0.15, -0.1) is 12.4 Å². The average molecular weight is 379 g/mol. The van der Waals surface area contributed by atoms with E-state index in [-0.39, 0.29) is 47.9 Å². The van der Waals surface area contributed by atoms with Gasteiger partial charge in [-0.05, 0) is 38.4 Å². The maximum Gasteiger partial charge on any atom is 0.257 e. The number of piperidine rings is 1. The van der Waals surface area contributed by atoms with Crippen molar-refractivity contribution in [3.8, 4) is 0 Å². The molecule has 2 heterocycles.